The van der Waals surface area contributed by atoms with E-state index in [4.69, 9.17) is 4.74 Å². The van der Waals surface area contributed by atoms with Crippen LogP contribution in [0.25, 0.3) is 0 Å². The number of carbonyl (C=O) groups is 2. The number of ether oxygens (including phenoxy) is 1. The third-order valence-corrected chi connectivity index (χ3v) is 7.08. The van der Waals surface area contributed by atoms with E-state index in [0.717, 1.165) is 10.2 Å². The number of hydrogen-bond acceptors (Lipinski definition) is 8. The zero-order valence-corrected chi connectivity index (χ0v) is 22.2. The maximum absolute atomic E-state index is 12.5. The molecule has 2 heterocycles. The average Bonchev–Trinajstić information content (AvgIpc) is 3.35. The molecule has 0 saturated carbocycles. The first kappa shape index (κ1) is 25.2. The highest BCUT2D eigenvalue weighted by Gasteiger charge is 2.21. The quantitative estimate of drug-likeness (QED) is 0.392. The first-order valence-corrected chi connectivity index (χ1v) is 12.8. The monoisotopic (exact) mass is 552 g/mol. The number of halogens is 1. The van der Waals surface area contributed by atoms with Crippen molar-refractivity contribution in [2.45, 2.75) is 38.6 Å². The van der Waals surface area contributed by atoms with Crippen LogP contribution in [-0.2, 0) is 11.3 Å². The van der Waals surface area contributed by atoms with Gasteiger partial charge in [-0.3, -0.25) is 9.59 Å². The van der Waals surface area contributed by atoms with Crippen molar-refractivity contribution in [3.63, 3.8) is 0 Å². The summed E-state index contributed by atoms with van der Waals surface area (Å²) in [7, 11) is 3.36. The molecule has 0 radical (unpaired) electrons. The zero-order chi connectivity index (χ0) is 24.1. The molecule has 0 aliphatic rings. The van der Waals surface area contributed by atoms with Gasteiger partial charge in [-0.25, -0.2) is 4.98 Å². The molecule has 0 aliphatic carbocycles. The summed E-state index contributed by atoms with van der Waals surface area (Å²) in [5.41, 5.74) is 0.594. The number of aryl methyl sites for hydroxylation is 1. The van der Waals surface area contributed by atoms with Gasteiger partial charge < -0.3 is 19.5 Å². The number of nitrogens with zero attached hydrogens (tertiary/aromatic N) is 5. The van der Waals surface area contributed by atoms with Crippen molar-refractivity contribution in [3.05, 3.63) is 45.1 Å². The third kappa shape index (κ3) is 6.33. The maximum Gasteiger partial charge on any atom is 0.265 e. The zero-order valence-electron chi connectivity index (χ0n) is 19.0. The van der Waals surface area contributed by atoms with Crippen molar-refractivity contribution in [1.82, 2.24) is 24.6 Å². The van der Waals surface area contributed by atoms with Gasteiger partial charge in [0, 0.05) is 25.1 Å². The Morgan fingerprint density at radius 2 is 1.97 bits per heavy atom. The second-order valence-electron chi connectivity index (χ2n) is 7.27. The van der Waals surface area contributed by atoms with Crippen molar-refractivity contribution in [2.24, 2.45) is 0 Å². The van der Waals surface area contributed by atoms with E-state index < -0.39 is 0 Å². The molecule has 2 aromatic heterocycles. The van der Waals surface area contributed by atoms with Gasteiger partial charge in [0.2, 0.25) is 5.91 Å². The first-order valence-electron chi connectivity index (χ1n) is 10.2. The molecule has 33 heavy (non-hydrogen) atoms. The fraction of sp³-hybridized carbons (Fsp3) is 0.381. The van der Waals surface area contributed by atoms with Crippen molar-refractivity contribution in [3.8, 4) is 5.75 Å². The Hall–Kier alpha value is -2.44. The van der Waals surface area contributed by atoms with Crippen molar-refractivity contribution < 1.29 is 14.3 Å². The molecule has 1 aromatic carbocycles. The van der Waals surface area contributed by atoms with Crippen molar-refractivity contribution in [2.75, 3.05) is 25.2 Å². The lowest BCUT2D eigenvalue weighted by atomic mass is 10.3. The molecule has 2 amide bonds. The molecule has 3 aromatic rings. The van der Waals surface area contributed by atoms with Gasteiger partial charge in [-0.1, -0.05) is 39.0 Å². The normalized spacial score (nSPS) is 11.8. The number of hydrogen-bond donors (Lipinski definition) is 1. The second kappa shape index (κ2) is 11.1. The van der Waals surface area contributed by atoms with E-state index >= 15 is 0 Å². The maximum atomic E-state index is 12.5. The van der Waals surface area contributed by atoms with Gasteiger partial charge in [-0.05, 0) is 45.0 Å². The Labute approximate surface area is 209 Å². The van der Waals surface area contributed by atoms with Gasteiger partial charge in [0.05, 0.1) is 11.4 Å². The molecule has 1 unspecified atom stereocenters. The second-order valence-corrected chi connectivity index (χ2v) is 10.1. The summed E-state index contributed by atoms with van der Waals surface area (Å²) in [6.07, 6.45) is -0.312. The van der Waals surface area contributed by atoms with Gasteiger partial charge in [-0.2, -0.15) is 0 Å². The predicted octanol–water partition coefficient (Wildman–Crippen LogP) is 4.40. The fourth-order valence-corrected chi connectivity index (χ4v) is 4.99. The van der Waals surface area contributed by atoms with Crippen LogP contribution >= 0.6 is 39.0 Å². The van der Waals surface area contributed by atoms with Gasteiger partial charge in [0.1, 0.15) is 10.6 Å². The highest BCUT2D eigenvalue weighted by molar-refractivity contribution is 9.10. The number of nitrogens with one attached hydrogen (secondary N) is 1. The topological polar surface area (TPSA) is 102 Å². The van der Waals surface area contributed by atoms with Crippen LogP contribution in [0.2, 0.25) is 0 Å². The summed E-state index contributed by atoms with van der Waals surface area (Å²) in [5.74, 6) is 1.18. The molecule has 0 saturated heterocycles. The number of carbonyl (C=O) groups excluding carboxylic acids is 2. The molecule has 12 heteroatoms. The molecule has 0 fully saturated rings. The smallest absolute Gasteiger partial charge is 0.265 e. The third-order valence-electron chi connectivity index (χ3n) is 4.53. The van der Waals surface area contributed by atoms with Crippen LogP contribution < -0.4 is 10.1 Å². The SMILES string of the molecule is CCn1c(SCC(=O)Nc2nc(C)c(C(=O)N(C)C)s2)nnc1C(C)Oc1ccc(Br)cc1. The molecular formula is C21H25BrN6O3S2. The number of anilines is 1. The molecule has 1 atom stereocenters. The largest absolute Gasteiger partial charge is 0.483 e. The van der Waals surface area contributed by atoms with Crippen LogP contribution in [0.3, 0.4) is 0 Å². The van der Waals surface area contributed by atoms with Crippen LogP contribution in [0.4, 0.5) is 5.13 Å². The lowest BCUT2D eigenvalue weighted by Crippen LogP contribution is -2.21. The minimum atomic E-state index is -0.312. The van der Waals surface area contributed by atoms with Crippen LogP contribution in [0.5, 0.6) is 5.75 Å². The Balaban J connectivity index is 1.62. The van der Waals surface area contributed by atoms with Crippen LogP contribution in [0, 0.1) is 6.92 Å². The van der Waals surface area contributed by atoms with Crippen LogP contribution in [0.15, 0.2) is 33.9 Å². The molecule has 0 spiro atoms. The van der Waals surface area contributed by atoms with Crippen molar-refractivity contribution in [1.29, 1.82) is 0 Å². The lowest BCUT2D eigenvalue weighted by molar-refractivity contribution is -0.113. The fourth-order valence-electron chi connectivity index (χ4n) is 2.91. The first-order chi connectivity index (χ1) is 15.7. The predicted molar refractivity (Wildman–Crippen MR) is 133 cm³/mol. The molecule has 176 valence electrons. The average molecular weight is 554 g/mol. The molecule has 0 aliphatic heterocycles. The van der Waals surface area contributed by atoms with E-state index in [9.17, 15) is 9.59 Å². The summed E-state index contributed by atoms with van der Waals surface area (Å²) >= 11 is 5.86. The van der Waals surface area contributed by atoms with E-state index in [1.165, 1.54) is 28.0 Å². The number of rotatable bonds is 9. The summed E-state index contributed by atoms with van der Waals surface area (Å²) in [6.45, 7) is 6.30. The summed E-state index contributed by atoms with van der Waals surface area (Å²) < 4.78 is 8.90. The van der Waals surface area contributed by atoms with E-state index in [-0.39, 0.29) is 23.7 Å². The molecule has 9 nitrogen and oxygen atoms in total. The van der Waals surface area contributed by atoms with Gasteiger partial charge in [0.25, 0.3) is 5.91 Å². The molecule has 3 rings (SSSR count). The van der Waals surface area contributed by atoms with E-state index in [1.54, 1.807) is 21.0 Å². The Morgan fingerprint density at radius 1 is 1.27 bits per heavy atom. The van der Waals surface area contributed by atoms with Gasteiger partial charge >= 0.3 is 0 Å². The summed E-state index contributed by atoms with van der Waals surface area (Å²) in [6, 6.07) is 7.59. The molecule has 1 N–H and O–H groups in total. The van der Waals surface area contributed by atoms with Gasteiger partial charge in [-0.15, -0.1) is 10.2 Å². The number of thioether (sulfide) groups is 1. The minimum absolute atomic E-state index is 0.135. The highest BCUT2D eigenvalue weighted by Crippen LogP contribution is 2.27. The Bertz CT molecular complexity index is 1130. The van der Waals surface area contributed by atoms with E-state index in [0.29, 0.717) is 33.2 Å². The van der Waals surface area contributed by atoms with Gasteiger partial charge in [0.15, 0.2) is 22.2 Å². The van der Waals surface area contributed by atoms with Crippen LogP contribution in [0.1, 0.15) is 41.1 Å². The standard InChI is InChI=1S/C21H25BrN6O3S2/c1-6-28-18(13(3)31-15-9-7-14(22)8-10-15)25-26-21(28)32-11-16(29)24-20-23-12(2)17(33-20)19(30)27(4)5/h7-10,13H,6,11H2,1-5H3,(H,23,24,29). The van der Waals surface area contributed by atoms with E-state index in [2.05, 4.69) is 36.4 Å². The lowest BCUT2D eigenvalue weighted by Gasteiger charge is -2.15. The minimum Gasteiger partial charge on any atom is -0.483 e. The molecule has 0 bridgehead atoms. The summed E-state index contributed by atoms with van der Waals surface area (Å²) in [5, 5.41) is 12.3. The van der Waals surface area contributed by atoms with Crippen molar-refractivity contribution >= 4 is 56.0 Å². The van der Waals surface area contributed by atoms with Crippen LogP contribution in [-0.4, -0.2) is 56.3 Å². The number of benzene rings is 1. The number of amides is 2. The summed E-state index contributed by atoms with van der Waals surface area (Å²) in [4.78, 5) is 30.9. The Kier molecular flexibility index (Phi) is 8.49. The number of thiazole rings is 1. The highest BCUT2D eigenvalue weighted by atomic mass is 79.9. The molecular weight excluding hydrogens is 528 g/mol. The number of aromatic nitrogens is 4. The van der Waals surface area contributed by atoms with E-state index in [1.807, 2.05) is 42.7 Å². The Morgan fingerprint density at radius 3 is 2.61 bits per heavy atom.